The molecule has 1 N–H and O–H groups in total. The third-order valence-electron chi connectivity index (χ3n) is 6.85. The molecule has 3 heterocycles. The summed E-state index contributed by atoms with van der Waals surface area (Å²) in [5.74, 6) is 0.576. The van der Waals surface area contributed by atoms with Crippen LogP contribution in [0.25, 0.3) is 0 Å². The van der Waals surface area contributed by atoms with Crippen LogP contribution in [0, 0.1) is 0 Å². The van der Waals surface area contributed by atoms with Crippen LogP contribution in [0.5, 0.6) is 0 Å². The third-order valence-corrected chi connectivity index (χ3v) is 8.66. The molecule has 2 aliphatic rings. The molecule has 1 atom stereocenters. The molecule has 2 saturated heterocycles. The van der Waals surface area contributed by atoms with Crippen molar-refractivity contribution in [1.82, 2.24) is 14.5 Å². The first-order valence-electron chi connectivity index (χ1n) is 12.2. The van der Waals surface area contributed by atoms with Crippen LogP contribution in [-0.2, 0) is 10.0 Å². The highest BCUT2D eigenvalue weighted by Crippen LogP contribution is 2.29. The van der Waals surface area contributed by atoms with Gasteiger partial charge in [0.25, 0.3) is 5.91 Å². The van der Waals surface area contributed by atoms with E-state index in [4.69, 9.17) is 4.42 Å². The minimum Gasteiger partial charge on any atom is -0.468 e. The quantitative estimate of drug-likeness (QED) is 0.612. The Morgan fingerprint density at radius 1 is 1.03 bits per heavy atom. The highest BCUT2D eigenvalue weighted by Gasteiger charge is 2.27. The normalized spacial score (nSPS) is 18.7. The summed E-state index contributed by atoms with van der Waals surface area (Å²) in [6, 6.07) is 8.69. The molecule has 0 aliphatic carbocycles. The monoisotopic (exact) mass is 488 g/mol. The van der Waals surface area contributed by atoms with Crippen LogP contribution in [-0.4, -0.2) is 70.3 Å². The van der Waals surface area contributed by atoms with Gasteiger partial charge in [-0.3, -0.25) is 9.69 Å². The Balaban J connectivity index is 1.60. The Morgan fingerprint density at radius 2 is 1.71 bits per heavy atom. The van der Waals surface area contributed by atoms with Gasteiger partial charge >= 0.3 is 0 Å². The highest BCUT2D eigenvalue weighted by atomic mass is 32.2. The number of likely N-dealkylation sites (tertiary alicyclic amines) is 1. The minimum absolute atomic E-state index is 0.0497. The number of nitrogens with one attached hydrogen (secondary N) is 1. The van der Waals surface area contributed by atoms with Crippen LogP contribution in [0.4, 0.5) is 5.69 Å². The summed E-state index contributed by atoms with van der Waals surface area (Å²) in [6.07, 6.45) is 8.45. The number of amides is 1. The second-order valence-electron chi connectivity index (χ2n) is 9.35. The maximum atomic E-state index is 13.5. The van der Waals surface area contributed by atoms with Gasteiger partial charge < -0.3 is 14.6 Å². The Labute approximate surface area is 202 Å². The van der Waals surface area contributed by atoms with Gasteiger partial charge in [0.05, 0.1) is 22.8 Å². The number of furan rings is 1. The molecule has 8 nitrogen and oxygen atoms in total. The van der Waals surface area contributed by atoms with Crippen molar-refractivity contribution in [3.8, 4) is 0 Å². The molecule has 0 radical (unpaired) electrons. The zero-order valence-electron chi connectivity index (χ0n) is 20.2. The first kappa shape index (κ1) is 24.8. The molecule has 1 amide bonds. The average Bonchev–Trinajstić information content (AvgIpc) is 3.39. The smallest absolute Gasteiger partial charge is 0.253 e. The van der Waals surface area contributed by atoms with Crippen molar-refractivity contribution in [2.45, 2.75) is 49.5 Å². The zero-order chi connectivity index (χ0) is 24.1. The standard InChI is InChI=1S/C25H36N4O4S/c1-27(2)34(31,32)20-11-12-22(28-13-5-3-6-14-28)21(18-20)25(30)26-19-23(24-10-9-17-33-24)29-15-7-4-8-16-29/h9-12,17-18,23H,3-8,13-16,19H2,1-2H3,(H,26,30). The molecule has 1 aromatic heterocycles. The summed E-state index contributed by atoms with van der Waals surface area (Å²) in [4.78, 5) is 18.2. The Morgan fingerprint density at radius 3 is 2.32 bits per heavy atom. The van der Waals surface area contributed by atoms with E-state index in [0.29, 0.717) is 12.1 Å². The van der Waals surface area contributed by atoms with Crippen molar-refractivity contribution in [2.24, 2.45) is 0 Å². The highest BCUT2D eigenvalue weighted by molar-refractivity contribution is 7.89. The molecule has 0 spiro atoms. The second-order valence-corrected chi connectivity index (χ2v) is 11.5. The summed E-state index contributed by atoms with van der Waals surface area (Å²) in [6.45, 7) is 4.07. The van der Waals surface area contributed by atoms with Gasteiger partial charge in [-0.25, -0.2) is 12.7 Å². The minimum atomic E-state index is -3.65. The number of piperidine rings is 2. The fourth-order valence-corrected chi connectivity index (χ4v) is 5.81. The van der Waals surface area contributed by atoms with E-state index in [2.05, 4.69) is 15.1 Å². The van der Waals surface area contributed by atoms with E-state index >= 15 is 0 Å². The molecule has 186 valence electrons. The number of hydrogen-bond acceptors (Lipinski definition) is 6. The molecule has 2 aromatic rings. The van der Waals surface area contributed by atoms with Crippen LogP contribution in [0.15, 0.2) is 45.9 Å². The van der Waals surface area contributed by atoms with Gasteiger partial charge in [-0.05, 0) is 75.5 Å². The van der Waals surface area contributed by atoms with Gasteiger partial charge in [-0.1, -0.05) is 6.42 Å². The molecule has 4 rings (SSSR count). The molecule has 0 bridgehead atoms. The van der Waals surface area contributed by atoms with Gasteiger partial charge in [-0.2, -0.15) is 0 Å². The molecular formula is C25H36N4O4S. The van der Waals surface area contributed by atoms with Crippen molar-refractivity contribution in [3.05, 3.63) is 47.9 Å². The first-order valence-corrected chi connectivity index (χ1v) is 13.7. The molecular weight excluding hydrogens is 452 g/mol. The number of hydrogen-bond donors (Lipinski definition) is 1. The summed E-state index contributed by atoms with van der Waals surface area (Å²) in [7, 11) is -0.652. The van der Waals surface area contributed by atoms with Crippen molar-refractivity contribution in [3.63, 3.8) is 0 Å². The first-order chi connectivity index (χ1) is 16.4. The molecule has 1 unspecified atom stereocenters. The van der Waals surface area contributed by atoms with Crippen LogP contribution in [0.1, 0.15) is 60.7 Å². The predicted octanol–water partition coefficient (Wildman–Crippen LogP) is 3.48. The maximum absolute atomic E-state index is 13.5. The van der Waals surface area contributed by atoms with Crippen molar-refractivity contribution < 1.29 is 17.6 Å². The number of rotatable bonds is 8. The average molecular weight is 489 g/mol. The van der Waals surface area contributed by atoms with E-state index in [1.165, 1.54) is 37.3 Å². The van der Waals surface area contributed by atoms with Crippen LogP contribution in [0.3, 0.4) is 0 Å². The van der Waals surface area contributed by atoms with Crippen LogP contribution in [0.2, 0.25) is 0 Å². The molecule has 2 aliphatic heterocycles. The summed E-state index contributed by atoms with van der Waals surface area (Å²) in [5, 5.41) is 3.10. The van der Waals surface area contributed by atoms with E-state index < -0.39 is 10.0 Å². The summed E-state index contributed by atoms with van der Waals surface area (Å²) < 4.78 is 32.5. The van der Waals surface area contributed by atoms with E-state index in [-0.39, 0.29) is 16.8 Å². The maximum Gasteiger partial charge on any atom is 0.253 e. The number of carbonyl (C=O) groups is 1. The number of anilines is 1. The van der Waals surface area contributed by atoms with E-state index in [1.54, 1.807) is 18.4 Å². The third kappa shape index (κ3) is 5.47. The lowest BCUT2D eigenvalue weighted by Crippen LogP contribution is -2.41. The zero-order valence-corrected chi connectivity index (χ0v) is 21.0. The second kappa shape index (κ2) is 10.9. The molecule has 34 heavy (non-hydrogen) atoms. The Hall–Kier alpha value is -2.36. The molecule has 2 fully saturated rings. The number of nitrogens with zero attached hydrogens (tertiary/aromatic N) is 3. The van der Waals surface area contributed by atoms with Gasteiger partial charge in [0.1, 0.15) is 5.76 Å². The Bertz CT molecular complexity index is 1060. The fraction of sp³-hybridized carbons (Fsp3) is 0.560. The van der Waals surface area contributed by atoms with Gasteiger partial charge in [0.2, 0.25) is 10.0 Å². The van der Waals surface area contributed by atoms with Crippen molar-refractivity contribution in [2.75, 3.05) is 51.7 Å². The van der Waals surface area contributed by atoms with Gasteiger partial charge in [0.15, 0.2) is 0 Å². The van der Waals surface area contributed by atoms with Crippen molar-refractivity contribution in [1.29, 1.82) is 0 Å². The van der Waals surface area contributed by atoms with E-state index in [9.17, 15) is 13.2 Å². The summed E-state index contributed by atoms with van der Waals surface area (Å²) >= 11 is 0. The number of benzene rings is 1. The van der Waals surface area contributed by atoms with E-state index in [1.807, 2.05) is 12.1 Å². The lowest BCUT2D eigenvalue weighted by Gasteiger charge is -2.34. The number of sulfonamides is 1. The number of carbonyl (C=O) groups excluding carboxylic acids is 1. The van der Waals surface area contributed by atoms with Crippen LogP contribution >= 0.6 is 0 Å². The Kier molecular flexibility index (Phi) is 7.95. The van der Waals surface area contributed by atoms with Crippen molar-refractivity contribution >= 4 is 21.6 Å². The summed E-state index contributed by atoms with van der Waals surface area (Å²) in [5.41, 5.74) is 1.20. The lowest BCUT2D eigenvalue weighted by atomic mass is 10.1. The van der Waals surface area contributed by atoms with E-state index in [0.717, 1.165) is 63.3 Å². The largest absolute Gasteiger partial charge is 0.468 e. The topological polar surface area (TPSA) is 86.1 Å². The van der Waals surface area contributed by atoms with Gasteiger partial charge in [-0.15, -0.1) is 0 Å². The van der Waals surface area contributed by atoms with Gasteiger partial charge in [0, 0.05) is 39.4 Å². The SMILES string of the molecule is CN(C)S(=O)(=O)c1ccc(N2CCCCC2)c(C(=O)NCC(c2ccco2)N2CCCCC2)c1. The molecule has 1 aromatic carbocycles. The van der Waals surface area contributed by atoms with Crippen LogP contribution < -0.4 is 10.2 Å². The molecule has 9 heteroatoms. The lowest BCUT2D eigenvalue weighted by molar-refractivity contribution is 0.0914. The fourth-order valence-electron chi connectivity index (χ4n) is 4.88. The predicted molar refractivity (Wildman–Crippen MR) is 133 cm³/mol. The molecule has 0 saturated carbocycles.